The van der Waals surface area contributed by atoms with Crippen LogP contribution in [0.5, 0.6) is 0 Å². The standard InChI is InChI=1S/C16H21NO8S/c1-10-13-14(25-26(20)24-13)12(18)15(23-10)21-8-7-17-16(19)22-9-11-5-3-2-4-6-11/h2-6,10,12-15,18H,7-9H2,1H3,(H,17,19)/t10-,12-,13+,14-,15-,26?/m1/s1. The smallest absolute Gasteiger partial charge is 0.407 e. The molecule has 2 saturated heterocycles. The first-order valence-corrected chi connectivity index (χ1v) is 9.20. The van der Waals surface area contributed by atoms with Crippen molar-refractivity contribution < 1.29 is 36.7 Å². The molecule has 0 radical (unpaired) electrons. The molecular weight excluding hydrogens is 366 g/mol. The average molecular weight is 387 g/mol. The number of carbonyl (C=O) groups is 1. The van der Waals surface area contributed by atoms with Crippen LogP contribution in [0.3, 0.4) is 0 Å². The van der Waals surface area contributed by atoms with Crippen LogP contribution in [-0.2, 0) is 40.5 Å². The summed E-state index contributed by atoms with van der Waals surface area (Å²) in [4.78, 5) is 11.6. The van der Waals surface area contributed by atoms with Crippen LogP contribution in [-0.4, -0.2) is 59.3 Å². The van der Waals surface area contributed by atoms with Gasteiger partial charge < -0.3 is 24.6 Å². The summed E-state index contributed by atoms with van der Waals surface area (Å²) < 4.78 is 37.4. The number of alkyl carbamates (subject to hydrolysis) is 1. The Kier molecular flexibility index (Phi) is 6.57. The van der Waals surface area contributed by atoms with Gasteiger partial charge in [0.25, 0.3) is 0 Å². The van der Waals surface area contributed by atoms with Gasteiger partial charge in [-0.2, -0.15) is 4.21 Å². The van der Waals surface area contributed by atoms with Crippen LogP contribution in [0.25, 0.3) is 0 Å². The lowest BCUT2D eigenvalue weighted by Gasteiger charge is -2.37. The van der Waals surface area contributed by atoms with E-state index in [1.807, 2.05) is 30.3 Å². The third kappa shape index (κ3) is 4.78. The third-order valence-electron chi connectivity index (χ3n) is 4.00. The monoisotopic (exact) mass is 387 g/mol. The van der Waals surface area contributed by atoms with Crippen molar-refractivity contribution in [3.63, 3.8) is 0 Å². The fourth-order valence-corrected chi connectivity index (χ4v) is 3.57. The number of fused-ring (bicyclic) bond motifs is 1. The Morgan fingerprint density at radius 1 is 1.27 bits per heavy atom. The van der Waals surface area contributed by atoms with E-state index < -0.39 is 48.2 Å². The number of aliphatic hydroxyl groups is 1. The number of ether oxygens (including phenoxy) is 3. The van der Waals surface area contributed by atoms with Gasteiger partial charge >= 0.3 is 17.5 Å². The molecule has 2 aliphatic rings. The van der Waals surface area contributed by atoms with Crippen molar-refractivity contribution in [1.82, 2.24) is 5.32 Å². The van der Waals surface area contributed by atoms with Crippen LogP contribution < -0.4 is 5.32 Å². The van der Waals surface area contributed by atoms with E-state index in [2.05, 4.69) is 5.32 Å². The third-order valence-corrected chi connectivity index (χ3v) is 4.76. The Balaban J connectivity index is 1.35. The van der Waals surface area contributed by atoms with Crippen molar-refractivity contribution in [3.05, 3.63) is 35.9 Å². The van der Waals surface area contributed by atoms with Crippen molar-refractivity contribution in [2.24, 2.45) is 0 Å². The molecular formula is C16H21NO8S. The van der Waals surface area contributed by atoms with Crippen molar-refractivity contribution in [2.75, 3.05) is 13.2 Å². The van der Waals surface area contributed by atoms with Gasteiger partial charge in [-0.05, 0) is 12.5 Å². The van der Waals surface area contributed by atoms with E-state index in [0.717, 1.165) is 5.56 Å². The molecule has 1 aromatic rings. The van der Waals surface area contributed by atoms with E-state index in [1.54, 1.807) is 6.92 Å². The Morgan fingerprint density at radius 2 is 2.00 bits per heavy atom. The van der Waals surface area contributed by atoms with Crippen LogP contribution in [0.15, 0.2) is 30.3 Å². The highest BCUT2D eigenvalue weighted by atomic mass is 32.2. The molecule has 1 aromatic carbocycles. The summed E-state index contributed by atoms with van der Waals surface area (Å²) >= 11 is -1.90. The summed E-state index contributed by atoms with van der Waals surface area (Å²) in [6.45, 7) is 2.15. The van der Waals surface area contributed by atoms with Gasteiger partial charge in [-0.3, -0.25) is 8.37 Å². The maximum absolute atomic E-state index is 11.6. The van der Waals surface area contributed by atoms with Gasteiger partial charge in [0.05, 0.1) is 12.7 Å². The molecule has 1 unspecified atom stereocenters. The fourth-order valence-electron chi connectivity index (χ4n) is 2.67. The van der Waals surface area contributed by atoms with E-state index in [1.165, 1.54) is 0 Å². The van der Waals surface area contributed by atoms with E-state index in [0.29, 0.717) is 0 Å². The van der Waals surface area contributed by atoms with Crippen LogP contribution in [0.1, 0.15) is 12.5 Å². The van der Waals surface area contributed by atoms with Crippen LogP contribution in [0.4, 0.5) is 4.79 Å². The zero-order valence-corrected chi connectivity index (χ0v) is 14.9. The van der Waals surface area contributed by atoms with Crippen molar-refractivity contribution in [2.45, 2.75) is 44.2 Å². The SMILES string of the molecule is C[C@H]1O[C@@H](OCCNC(=O)OCc2ccccc2)[C@H](O)[C@H]2OS(=O)O[C@H]21. The summed E-state index contributed by atoms with van der Waals surface area (Å²) in [5.41, 5.74) is 0.886. The van der Waals surface area contributed by atoms with E-state index in [-0.39, 0.29) is 19.8 Å². The predicted molar refractivity (Wildman–Crippen MR) is 88.8 cm³/mol. The van der Waals surface area contributed by atoms with Gasteiger partial charge in [0.2, 0.25) is 0 Å². The maximum Gasteiger partial charge on any atom is 0.407 e. The Bertz CT molecular complexity index is 630. The number of aliphatic hydroxyl groups excluding tert-OH is 1. The summed E-state index contributed by atoms with van der Waals surface area (Å²) in [7, 11) is 0. The lowest BCUT2D eigenvalue weighted by atomic mass is 10.0. The second-order valence-corrected chi connectivity index (χ2v) is 6.68. The predicted octanol–water partition coefficient (Wildman–Crippen LogP) is 0.398. The molecule has 2 N–H and O–H groups in total. The summed E-state index contributed by atoms with van der Waals surface area (Å²) in [5, 5.41) is 12.7. The lowest BCUT2D eigenvalue weighted by Crippen LogP contribution is -2.56. The maximum atomic E-state index is 11.6. The minimum atomic E-state index is -1.90. The molecule has 9 nitrogen and oxygen atoms in total. The fraction of sp³-hybridized carbons (Fsp3) is 0.562. The van der Waals surface area contributed by atoms with Crippen LogP contribution >= 0.6 is 0 Å². The van der Waals surface area contributed by atoms with Gasteiger partial charge in [-0.25, -0.2) is 4.79 Å². The second kappa shape index (κ2) is 8.89. The molecule has 0 saturated carbocycles. The number of nitrogens with one attached hydrogen (secondary N) is 1. The zero-order valence-electron chi connectivity index (χ0n) is 14.1. The number of hydrogen-bond acceptors (Lipinski definition) is 8. The summed E-state index contributed by atoms with van der Waals surface area (Å²) in [6.07, 6.45) is -4.53. The van der Waals surface area contributed by atoms with Gasteiger partial charge in [0, 0.05) is 6.54 Å². The zero-order chi connectivity index (χ0) is 18.5. The molecule has 2 heterocycles. The highest BCUT2D eigenvalue weighted by Crippen LogP contribution is 2.32. The van der Waals surface area contributed by atoms with Crippen molar-refractivity contribution in [1.29, 1.82) is 0 Å². The second-order valence-electron chi connectivity index (χ2n) is 5.89. The number of carbonyl (C=O) groups excluding carboxylic acids is 1. The van der Waals surface area contributed by atoms with E-state index >= 15 is 0 Å². The first-order valence-electron chi connectivity index (χ1n) is 8.20. The highest BCUT2D eigenvalue weighted by molar-refractivity contribution is 7.75. The largest absolute Gasteiger partial charge is 0.445 e. The lowest BCUT2D eigenvalue weighted by molar-refractivity contribution is -0.273. The number of benzene rings is 1. The summed E-state index contributed by atoms with van der Waals surface area (Å²) in [5.74, 6) is 0. The van der Waals surface area contributed by atoms with E-state index in [4.69, 9.17) is 22.6 Å². The molecule has 2 aliphatic heterocycles. The Hall–Kier alpha value is -1.56. The normalized spacial score (nSPS) is 33.5. The molecule has 10 heteroatoms. The molecule has 0 spiro atoms. The molecule has 26 heavy (non-hydrogen) atoms. The van der Waals surface area contributed by atoms with Crippen LogP contribution in [0.2, 0.25) is 0 Å². The molecule has 2 fully saturated rings. The Morgan fingerprint density at radius 3 is 2.77 bits per heavy atom. The highest BCUT2D eigenvalue weighted by Gasteiger charge is 2.51. The average Bonchev–Trinajstić information content (AvgIpc) is 3.04. The van der Waals surface area contributed by atoms with Gasteiger partial charge in [-0.15, -0.1) is 0 Å². The van der Waals surface area contributed by atoms with Gasteiger partial charge in [0.1, 0.15) is 24.9 Å². The minimum Gasteiger partial charge on any atom is -0.445 e. The first-order chi connectivity index (χ1) is 12.5. The topological polar surface area (TPSA) is 113 Å². The molecule has 6 atom stereocenters. The van der Waals surface area contributed by atoms with Crippen molar-refractivity contribution >= 4 is 17.5 Å². The minimum absolute atomic E-state index is 0.0935. The number of amides is 1. The van der Waals surface area contributed by atoms with Gasteiger partial charge in [-0.1, -0.05) is 30.3 Å². The Labute approximate surface area is 153 Å². The van der Waals surface area contributed by atoms with Crippen LogP contribution in [0, 0.1) is 0 Å². The van der Waals surface area contributed by atoms with E-state index in [9.17, 15) is 14.1 Å². The molecule has 144 valence electrons. The molecule has 0 bridgehead atoms. The quantitative estimate of drug-likeness (QED) is 0.675. The molecule has 0 aliphatic carbocycles. The van der Waals surface area contributed by atoms with Crippen molar-refractivity contribution in [3.8, 4) is 0 Å². The molecule has 1 amide bonds. The summed E-state index contributed by atoms with van der Waals surface area (Å²) in [6, 6.07) is 9.31. The number of hydrogen-bond donors (Lipinski definition) is 2. The van der Waals surface area contributed by atoms with Gasteiger partial charge in [0.15, 0.2) is 6.29 Å². The molecule has 3 rings (SSSR count). The first kappa shape index (κ1) is 19.2. The molecule has 0 aromatic heterocycles. The number of rotatable bonds is 6.